The molecule has 160 valence electrons. The van der Waals surface area contributed by atoms with Crippen molar-refractivity contribution < 1.29 is 17.9 Å². The van der Waals surface area contributed by atoms with E-state index in [0.717, 1.165) is 16.7 Å². The van der Waals surface area contributed by atoms with Crippen LogP contribution in [0.3, 0.4) is 0 Å². The van der Waals surface area contributed by atoms with E-state index in [0.29, 0.717) is 30.8 Å². The zero-order valence-electron chi connectivity index (χ0n) is 18.0. The number of sulfone groups is 1. The number of carbonyl (C=O) groups excluding carboxylic acids is 1. The number of hydrogen-bond acceptors (Lipinski definition) is 4. The zero-order valence-corrected chi connectivity index (χ0v) is 18.8. The normalized spacial score (nSPS) is 15.1. The Balaban J connectivity index is 1.96. The Morgan fingerprint density at radius 1 is 0.933 bits per heavy atom. The highest BCUT2D eigenvalue weighted by Gasteiger charge is 2.26. The van der Waals surface area contributed by atoms with Gasteiger partial charge >= 0.3 is 6.09 Å². The average Bonchev–Trinajstić information content (AvgIpc) is 2.68. The fourth-order valence-corrected chi connectivity index (χ4v) is 4.26. The molecule has 6 heteroatoms. The van der Waals surface area contributed by atoms with E-state index in [2.05, 4.69) is 0 Å². The number of hydrogen-bond donors (Lipinski definition) is 0. The molecule has 0 radical (unpaired) electrons. The van der Waals surface area contributed by atoms with E-state index in [1.165, 1.54) is 11.8 Å². The quantitative estimate of drug-likeness (QED) is 0.697. The SMILES string of the molecule is CC(C)(C)OC(=O)N1CCC(=C(c2ccccc2)c2cccc(S(C)(=O)=O)c2)CC1. The van der Waals surface area contributed by atoms with Crippen LogP contribution in [0, 0.1) is 0 Å². The van der Waals surface area contributed by atoms with Crippen molar-refractivity contribution >= 4 is 21.5 Å². The lowest BCUT2D eigenvalue weighted by Crippen LogP contribution is -2.40. The minimum atomic E-state index is -3.30. The van der Waals surface area contributed by atoms with Gasteiger partial charge in [0.15, 0.2) is 9.84 Å². The van der Waals surface area contributed by atoms with Gasteiger partial charge in [0.05, 0.1) is 4.90 Å². The van der Waals surface area contributed by atoms with Crippen LogP contribution in [0.1, 0.15) is 44.7 Å². The summed E-state index contributed by atoms with van der Waals surface area (Å²) in [5.74, 6) is 0. The second-order valence-electron chi connectivity index (χ2n) is 8.61. The van der Waals surface area contributed by atoms with Gasteiger partial charge < -0.3 is 9.64 Å². The van der Waals surface area contributed by atoms with Crippen molar-refractivity contribution in [3.05, 3.63) is 71.3 Å². The van der Waals surface area contributed by atoms with Crippen molar-refractivity contribution in [3.8, 4) is 0 Å². The molecular formula is C24H29NO4S. The minimum absolute atomic E-state index is 0.290. The lowest BCUT2D eigenvalue weighted by molar-refractivity contribution is 0.0236. The molecule has 1 saturated heterocycles. The van der Waals surface area contributed by atoms with Crippen molar-refractivity contribution in [1.82, 2.24) is 4.90 Å². The molecule has 0 atom stereocenters. The molecule has 1 fully saturated rings. The second-order valence-corrected chi connectivity index (χ2v) is 10.6. The molecule has 0 spiro atoms. The third-order valence-electron chi connectivity index (χ3n) is 4.99. The van der Waals surface area contributed by atoms with Crippen molar-refractivity contribution in [2.24, 2.45) is 0 Å². The molecule has 2 aromatic carbocycles. The molecule has 1 heterocycles. The summed E-state index contributed by atoms with van der Waals surface area (Å²) in [7, 11) is -3.30. The third kappa shape index (κ3) is 5.51. The van der Waals surface area contributed by atoms with Crippen molar-refractivity contribution in [3.63, 3.8) is 0 Å². The fraction of sp³-hybridized carbons (Fsp3) is 0.375. The molecule has 0 unspecified atom stereocenters. The average molecular weight is 428 g/mol. The molecule has 0 bridgehead atoms. The Labute approximate surface area is 179 Å². The van der Waals surface area contributed by atoms with Gasteiger partial charge in [0.1, 0.15) is 5.60 Å². The summed E-state index contributed by atoms with van der Waals surface area (Å²) in [5, 5.41) is 0. The molecule has 5 nitrogen and oxygen atoms in total. The predicted molar refractivity (Wildman–Crippen MR) is 119 cm³/mol. The molecule has 0 saturated carbocycles. The lowest BCUT2D eigenvalue weighted by atomic mass is 9.88. The molecule has 1 aliphatic rings. The maximum atomic E-state index is 12.4. The van der Waals surface area contributed by atoms with Crippen molar-refractivity contribution in [2.45, 2.75) is 44.1 Å². The molecule has 2 aromatic rings. The topological polar surface area (TPSA) is 63.7 Å². The number of ether oxygens (including phenoxy) is 1. The highest BCUT2D eigenvalue weighted by Crippen LogP contribution is 2.33. The molecule has 3 rings (SSSR count). The van der Waals surface area contributed by atoms with E-state index in [-0.39, 0.29) is 6.09 Å². The molecule has 0 aromatic heterocycles. The maximum absolute atomic E-state index is 12.4. The summed E-state index contributed by atoms with van der Waals surface area (Å²) in [5.41, 5.74) is 3.67. The largest absolute Gasteiger partial charge is 0.444 e. The van der Waals surface area contributed by atoms with Gasteiger partial charge in [-0.1, -0.05) is 48.0 Å². The van der Waals surface area contributed by atoms with Crippen LogP contribution in [0.5, 0.6) is 0 Å². The monoisotopic (exact) mass is 427 g/mol. The van der Waals surface area contributed by atoms with Gasteiger partial charge in [0.2, 0.25) is 0 Å². The Kier molecular flexibility index (Phi) is 6.36. The van der Waals surface area contributed by atoms with Crippen molar-refractivity contribution in [1.29, 1.82) is 0 Å². The van der Waals surface area contributed by atoms with Crippen LogP contribution in [0.15, 0.2) is 65.1 Å². The summed E-state index contributed by atoms with van der Waals surface area (Å²) in [4.78, 5) is 14.5. The van der Waals surface area contributed by atoms with Gasteiger partial charge in [-0.15, -0.1) is 0 Å². The van der Waals surface area contributed by atoms with Crippen LogP contribution in [0.25, 0.3) is 5.57 Å². The summed E-state index contributed by atoms with van der Waals surface area (Å²) in [6, 6.07) is 17.1. The molecular weight excluding hydrogens is 398 g/mol. The first-order valence-electron chi connectivity index (χ1n) is 10.1. The standard InChI is InChI=1S/C24H29NO4S/c1-24(2,3)29-23(26)25-15-13-19(14-16-25)22(18-9-6-5-7-10-18)20-11-8-12-21(17-20)30(4,27)28/h5-12,17H,13-16H2,1-4H3. The van der Waals surface area contributed by atoms with Crippen LogP contribution < -0.4 is 0 Å². The van der Waals surface area contributed by atoms with Crippen LogP contribution >= 0.6 is 0 Å². The number of nitrogens with zero attached hydrogens (tertiary/aromatic N) is 1. The zero-order chi connectivity index (χ0) is 21.9. The summed E-state index contributed by atoms with van der Waals surface area (Å²) >= 11 is 0. The van der Waals surface area contributed by atoms with Crippen molar-refractivity contribution in [2.75, 3.05) is 19.3 Å². The maximum Gasteiger partial charge on any atom is 0.410 e. The second kappa shape index (κ2) is 8.64. The molecule has 30 heavy (non-hydrogen) atoms. The number of carbonyl (C=O) groups is 1. The highest BCUT2D eigenvalue weighted by atomic mass is 32.2. The third-order valence-corrected chi connectivity index (χ3v) is 6.10. The minimum Gasteiger partial charge on any atom is -0.444 e. The van der Waals surface area contributed by atoms with E-state index in [1.807, 2.05) is 57.2 Å². The molecule has 0 aliphatic carbocycles. The van der Waals surface area contributed by atoms with Gasteiger partial charge in [0.25, 0.3) is 0 Å². The van der Waals surface area contributed by atoms with Crippen LogP contribution in [0.2, 0.25) is 0 Å². The highest BCUT2D eigenvalue weighted by molar-refractivity contribution is 7.90. The fourth-order valence-electron chi connectivity index (χ4n) is 3.60. The predicted octanol–water partition coefficient (Wildman–Crippen LogP) is 4.92. The molecule has 1 amide bonds. The van der Waals surface area contributed by atoms with E-state index in [1.54, 1.807) is 23.1 Å². The lowest BCUT2D eigenvalue weighted by Gasteiger charge is -2.32. The van der Waals surface area contributed by atoms with E-state index >= 15 is 0 Å². The van der Waals surface area contributed by atoms with E-state index in [9.17, 15) is 13.2 Å². The Morgan fingerprint density at radius 3 is 2.10 bits per heavy atom. The number of piperidine rings is 1. The first kappa shape index (κ1) is 22.1. The molecule has 1 aliphatic heterocycles. The molecule has 0 N–H and O–H groups in total. The van der Waals surface area contributed by atoms with Gasteiger partial charge in [-0.05, 0) is 62.4 Å². The van der Waals surface area contributed by atoms with E-state index < -0.39 is 15.4 Å². The Morgan fingerprint density at radius 2 is 1.53 bits per heavy atom. The van der Waals surface area contributed by atoms with Crippen LogP contribution in [0.4, 0.5) is 4.79 Å². The summed E-state index contributed by atoms with van der Waals surface area (Å²) in [6.45, 7) is 6.74. The summed E-state index contributed by atoms with van der Waals surface area (Å²) in [6.07, 6.45) is 2.36. The first-order valence-corrected chi connectivity index (χ1v) is 12.0. The number of benzene rings is 2. The van der Waals surface area contributed by atoms with E-state index in [4.69, 9.17) is 4.74 Å². The number of amides is 1. The number of rotatable bonds is 3. The Bertz CT molecular complexity index is 1040. The van der Waals surface area contributed by atoms with Crippen LogP contribution in [-0.4, -0.2) is 44.4 Å². The van der Waals surface area contributed by atoms with Gasteiger partial charge in [-0.2, -0.15) is 0 Å². The smallest absolute Gasteiger partial charge is 0.410 e. The summed E-state index contributed by atoms with van der Waals surface area (Å²) < 4.78 is 29.7. The number of likely N-dealkylation sites (tertiary alicyclic amines) is 1. The first-order chi connectivity index (χ1) is 14.0. The van der Waals surface area contributed by atoms with Gasteiger partial charge in [0, 0.05) is 19.3 Å². The Hall–Kier alpha value is -2.60. The van der Waals surface area contributed by atoms with Gasteiger partial charge in [-0.3, -0.25) is 0 Å². The van der Waals surface area contributed by atoms with Gasteiger partial charge in [-0.25, -0.2) is 13.2 Å². The van der Waals surface area contributed by atoms with Crippen LogP contribution in [-0.2, 0) is 14.6 Å².